The maximum Gasteiger partial charge on any atom is 0.289 e. The van der Waals surface area contributed by atoms with Crippen molar-refractivity contribution < 1.29 is 9.32 Å². The Morgan fingerprint density at radius 2 is 2.53 bits per heavy atom. The van der Waals surface area contributed by atoms with Crippen LogP contribution >= 0.6 is 11.6 Å². The van der Waals surface area contributed by atoms with Crippen molar-refractivity contribution in [2.24, 2.45) is 5.92 Å². The third kappa shape index (κ3) is 2.72. The van der Waals surface area contributed by atoms with Crippen LogP contribution in [0.5, 0.6) is 0 Å². The van der Waals surface area contributed by atoms with E-state index in [0.29, 0.717) is 18.2 Å². The third-order valence-corrected chi connectivity index (χ3v) is 2.95. The van der Waals surface area contributed by atoms with Gasteiger partial charge in [0.1, 0.15) is 0 Å². The van der Waals surface area contributed by atoms with E-state index in [2.05, 4.69) is 10.5 Å². The summed E-state index contributed by atoms with van der Waals surface area (Å²) >= 11 is 6.05. The summed E-state index contributed by atoms with van der Waals surface area (Å²) in [5.41, 5.74) is 0.699. The quantitative estimate of drug-likeness (QED) is 0.799. The molecule has 0 spiro atoms. The number of amides is 1. The number of rotatable bonds is 4. The van der Waals surface area contributed by atoms with Gasteiger partial charge in [-0.05, 0) is 25.7 Å². The summed E-state index contributed by atoms with van der Waals surface area (Å²) in [7, 11) is 0. The zero-order valence-electron chi connectivity index (χ0n) is 8.50. The number of hydrogen-bond acceptors (Lipinski definition) is 3. The number of nitrogens with zero attached hydrogens (tertiary/aromatic N) is 1. The highest BCUT2D eigenvalue weighted by molar-refractivity contribution is 6.21. The second-order valence-corrected chi connectivity index (χ2v) is 4.46. The average molecular weight is 229 g/mol. The second-order valence-electron chi connectivity index (χ2n) is 3.90. The van der Waals surface area contributed by atoms with Gasteiger partial charge >= 0.3 is 0 Å². The van der Waals surface area contributed by atoms with Crippen LogP contribution in [0.3, 0.4) is 0 Å². The van der Waals surface area contributed by atoms with Crippen LogP contribution in [0.25, 0.3) is 0 Å². The van der Waals surface area contributed by atoms with E-state index < -0.39 is 0 Å². The average Bonchev–Trinajstić information content (AvgIpc) is 2.97. The number of alkyl halides is 1. The summed E-state index contributed by atoms with van der Waals surface area (Å²) in [5.74, 6) is 0.567. The number of hydrogen-bond donors (Lipinski definition) is 1. The molecule has 1 fully saturated rings. The molecule has 1 saturated carbocycles. The van der Waals surface area contributed by atoms with Gasteiger partial charge in [-0.1, -0.05) is 5.16 Å². The van der Waals surface area contributed by atoms with E-state index in [-0.39, 0.29) is 17.0 Å². The molecule has 1 unspecified atom stereocenters. The van der Waals surface area contributed by atoms with Gasteiger partial charge < -0.3 is 9.84 Å². The predicted molar refractivity (Wildman–Crippen MR) is 55.9 cm³/mol. The molecule has 1 N–H and O–H groups in total. The van der Waals surface area contributed by atoms with Crippen molar-refractivity contribution in [1.82, 2.24) is 10.5 Å². The van der Waals surface area contributed by atoms with E-state index in [0.717, 1.165) is 0 Å². The van der Waals surface area contributed by atoms with Gasteiger partial charge in [0.2, 0.25) is 5.76 Å². The van der Waals surface area contributed by atoms with E-state index in [1.165, 1.54) is 12.8 Å². The normalized spacial score (nSPS) is 17.5. The molecule has 0 aromatic carbocycles. The lowest BCUT2D eigenvalue weighted by atomic mass is 10.3. The van der Waals surface area contributed by atoms with Gasteiger partial charge in [0, 0.05) is 12.6 Å². The molecule has 4 nitrogen and oxygen atoms in total. The van der Waals surface area contributed by atoms with Crippen LogP contribution in [0.1, 0.15) is 29.1 Å². The zero-order valence-corrected chi connectivity index (χ0v) is 9.25. The Kier molecular flexibility index (Phi) is 2.95. The van der Waals surface area contributed by atoms with E-state index in [1.807, 2.05) is 0 Å². The smallest absolute Gasteiger partial charge is 0.289 e. The summed E-state index contributed by atoms with van der Waals surface area (Å²) in [5, 5.41) is 6.41. The van der Waals surface area contributed by atoms with Gasteiger partial charge in [0.25, 0.3) is 5.91 Å². The van der Waals surface area contributed by atoms with Gasteiger partial charge in [-0.2, -0.15) is 0 Å². The number of nitrogens with one attached hydrogen (secondary N) is 1. The lowest BCUT2D eigenvalue weighted by Crippen LogP contribution is -2.30. The van der Waals surface area contributed by atoms with Gasteiger partial charge in [0.15, 0.2) is 0 Å². The highest BCUT2D eigenvalue weighted by Crippen LogP contribution is 2.35. The predicted octanol–water partition coefficient (Wildman–Crippen LogP) is 1.73. The van der Waals surface area contributed by atoms with E-state index in [4.69, 9.17) is 16.1 Å². The van der Waals surface area contributed by atoms with Crippen LogP contribution in [0.4, 0.5) is 0 Å². The van der Waals surface area contributed by atoms with E-state index in [1.54, 1.807) is 13.0 Å². The maximum absolute atomic E-state index is 11.5. The Labute approximate surface area is 93.0 Å². The van der Waals surface area contributed by atoms with Crippen LogP contribution in [-0.2, 0) is 0 Å². The second kappa shape index (κ2) is 4.23. The summed E-state index contributed by atoms with van der Waals surface area (Å²) in [4.78, 5) is 11.5. The Hall–Kier alpha value is -1.03. The summed E-state index contributed by atoms with van der Waals surface area (Å²) in [6.07, 6.45) is 2.34. The molecule has 1 atom stereocenters. The molecule has 0 saturated heterocycles. The molecule has 0 radical (unpaired) electrons. The maximum atomic E-state index is 11.5. The first kappa shape index (κ1) is 10.5. The minimum atomic E-state index is -0.248. The first-order valence-corrected chi connectivity index (χ1v) is 5.46. The molecule has 1 aromatic rings. The Morgan fingerprint density at radius 3 is 3.07 bits per heavy atom. The van der Waals surface area contributed by atoms with Gasteiger partial charge in [-0.25, -0.2) is 0 Å². The summed E-state index contributed by atoms with van der Waals surface area (Å²) in [6.45, 7) is 2.26. The third-order valence-electron chi connectivity index (χ3n) is 2.44. The molecule has 5 heteroatoms. The molecule has 0 bridgehead atoms. The van der Waals surface area contributed by atoms with Crippen molar-refractivity contribution in [3.63, 3.8) is 0 Å². The standard InChI is InChI=1S/C10H13ClN2O2/c1-6-4-9(15-13-6)10(14)12-5-8(11)7-2-3-7/h4,7-8H,2-3,5H2,1H3,(H,12,14). The van der Waals surface area contributed by atoms with E-state index in [9.17, 15) is 4.79 Å². The molecule has 15 heavy (non-hydrogen) atoms. The Balaban J connectivity index is 1.81. The van der Waals surface area contributed by atoms with Crippen LogP contribution in [0.15, 0.2) is 10.6 Å². The van der Waals surface area contributed by atoms with Gasteiger partial charge in [0.05, 0.1) is 11.1 Å². The van der Waals surface area contributed by atoms with Crippen molar-refractivity contribution in [3.05, 3.63) is 17.5 Å². The first-order valence-electron chi connectivity index (χ1n) is 5.02. The molecule has 2 rings (SSSR count). The topological polar surface area (TPSA) is 55.1 Å². The number of carbonyl (C=O) groups excluding carboxylic acids is 1. The SMILES string of the molecule is Cc1cc(C(=O)NCC(Cl)C2CC2)on1. The van der Waals surface area contributed by atoms with Gasteiger partial charge in [-0.15, -0.1) is 11.6 Å². The molecular formula is C10H13ClN2O2. The fourth-order valence-corrected chi connectivity index (χ4v) is 1.70. The number of halogens is 1. The lowest BCUT2D eigenvalue weighted by molar-refractivity contribution is 0.0916. The molecule has 1 amide bonds. The molecule has 1 aliphatic rings. The number of carbonyl (C=O) groups is 1. The minimum absolute atomic E-state index is 0.0398. The van der Waals surface area contributed by atoms with Crippen molar-refractivity contribution in [3.8, 4) is 0 Å². The minimum Gasteiger partial charge on any atom is -0.351 e. The monoisotopic (exact) mass is 228 g/mol. The van der Waals surface area contributed by atoms with Crippen LogP contribution in [0.2, 0.25) is 0 Å². The summed E-state index contributed by atoms with van der Waals surface area (Å²) in [6, 6.07) is 1.61. The van der Waals surface area contributed by atoms with Crippen LogP contribution in [-0.4, -0.2) is 23.0 Å². The van der Waals surface area contributed by atoms with Crippen molar-refractivity contribution in [2.75, 3.05) is 6.54 Å². The van der Waals surface area contributed by atoms with Crippen molar-refractivity contribution in [2.45, 2.75) is 25.1 Å². The van der Waals surface area contributed by atoms with E-state index >= 15 is 0 Å². The molecule has 82 valence electrons. The van der Waals surface area contributed by atoms with Crippen LogP contribution < -0.4 is 5.32 Å². The Bertz CT molecular complexity index is 360. The first-order chi connectivity index (χ1) is 7.16. The fourth-order valence-electron chi connectivity index (χ4n) is 1.37. The molecule has 1 heterocycles. The largest absolute Gasteiger partial charge is 0.351 e. The highest BCUT2D eigenvalue weighted by Gasteiger charge is 2.29. The lowest BCUT2D eigenvalue weighted by Gasteiger charge is -2.07. The summed E-state index contributed by atoms with van der Waals surface area (Å²) < 4.78 is 4.83. The molecule has 1 aromatic heterocycles. The number of aryl methyl sites for hydroxylation is 1. The zero-order chi connectivity index (χ0) is 10.8. The Morgan fingerprint density at radius 1 is 1.80 bits per heavy atom. The van der Waals surface area contributed by atoms with Crippen LogP contribution in [0, 0.1) is 12.8 Å². The van der Waals surface area contributed by atoms with Crippen molar-refractivity contribution >= 4 is 17.5 Å². The fraction of sp³-hybridized carbons (Fsp3) is 0.600. The number of aromatic nitrogens is 1. The molecule has 1 aliphatic carbocycles. The molecule has 0 aliphatic heterocycles. The highest BCUT2D eigenvalue weighted by atomic mass is 35.5. The van der Waals surface area contributed by atoms with Gasteiger partial charge in [-0.3, -0.25) is 4.79 Å². The molecular weight excluding hydrogens is 216 g/mol. The van der Waals surface area contributed by atoms with Crippen molar-refractivity contribution in [1.29, 1.82) is 0 Å².